The van der Waals surface area contributed by atoms with Crippen LogP contribution in [0.15, 0.2) is 12.2 Å². The van der Waals surface area contributed by atoms with Gasteiger partial charge in [0.25, 0.3) is 0 Å². The molecule has 0 saturated carbocycles. The lowest BCUT2D eigenvalue weighted by atomic mass is 10.0. The first-order chi connectivity index (χ1) is 8.60. The van der Waals surface area contributed by atoms with E-state index in [1.807, 2.05) is 17.9 Å². The van der Waals surface area contributed by atoms with Gasteiger partial charge in [0, 0.05) is 26.2 Å². The van der Waals surface area contributed by atoms with Gasteiger partial charge in [0.2, 0.25) is 5.91 Å². The van der Waals surface area contributed by atoms with Crippen molar-refractivity contribution < 1.29 is 4.79 Å². The maximum atomic E-state index is 11.8. The van der Waals surface area contributed by atoms with E-state index in [9.17, 15) is 4.79 Å². The zero-order chi connectivity index (χ0) is 13.5. The van der Waals surface area contributed by atoms with Crippen LogP contribution in [0.25, 0.3) is 0 Å². The van der Waals surface area contributed by atoms with Gasteiger partial charge >= 0.3 is 0 Å². The average molecular weight is 249 g/mol. The number of amides is 1. The second-order valence-electron chi connectivity index (χ2n) is 4.99. The summed E-state index contributed by atoms with van der Waals surface area (Å²) >= 11 is 0. The second-order valence-corrected chi connectivity index (χ2v) is 4.99. The first-order valence-corrected chi connectivity index (χ1v) is 6.69. The molecule has 0 bridgehead atoms. The van der Waals surface area contributed by atoms with Crippen LogP contribution in [-0.4, -0.2) is 47.9 Å². The van der Waals surface area contributed by atoms with Crippen molar-refractivity contribution in [1.29, 1.82) is 5.26 Å². The number of allylic oxidation sites excluding steroid dienone is 1. The van der Waals surface area contributed by atoms with Crippen molar-refractivity contribution in [3.8, 4) is 6.07 Å². The lowest BCUT2D eigenvalue weighted by molar-refractivity contribution is -0.128. The molecule has 1 saturated heterocycles. The molecule has 18 heavy (non-hydrogen) atoms. The van der Waals surface area contributed by atoms with Gasteiger partial charge in [-0.2, -0.15) is 5.26 Å². The van der Waals surface area contributed by atoms with E-state index in [0.717, 1.165) is 32.6 Å². The van der Waals surface area contributed by atoms with E-state index >= 15 is 0 Å². The quantitative estimate of drug-likeness (QED) is 0.712. The molecule has 1 aliphatic heterocycles. The molecule has 1 rings (SSSR count). The van der Waals surface area contributed by atoms with Crippen molar-refractivity contribution in [3.63, 3.8) is 0 Å². The van der Waals surface area contributed by atoms with Crippen LogP contribution >= 0.6 is 0 Å². The van der Waals surface area contributed by atoms with E-state index in [1.165, 1.54) is 0 Å². The van der Waals surface area contributed by atoms with Crippen LogP contribution in [-0.2, 0) is 4.79 Å². The minimum Gasteiger partial charge on any atom is -0.337 e. The molecule has 1 atom stereocenters. The predicted molar refractivity (Wildman–Crippen MR) is 71.8 cm³/mol. The normalized spacial score (nSPS) is 19.2. The maximum Gasteiger partial charge on any atom is 0.246 e. The van der Waals surface area contributed by atoms with E-state index < -0.39 is 0 Å². The molecule has 0 aromatic rings. The molecule has 0 aromatic heterocycles. The molecule has 4 heteroatoms. The number of rotatable bonds is 4. The Morgan fingerprint density at radius 2 is 1.94 bits per heavy atom. The van der Waals surface area contributed by atoms with Crippen molar-refractivity contribution in [3.05, 3.63) is 12.2 Å². The molecule has 4 nitrogen and oxygen atoms in total. The molecule has 0 N–H and O–H groups in total. The molecule has 1 aliphatic rings. The Hall–Kier alpha value is -1.34. The van der Waals surface area contributed by atoms with Gasteiger partial charge in [-0.3, -0.25) is 9.69 Å². The Morgan fingerprint density at radius 3 is 2.39 bits per heavy atom. The van der Waals surface area contributed by atoms with E-state index in [4.69, 9.17) is 5.26 Å². The van der Waals surface area contributed by atoms with Crippen LogP contribution in [0.1, 0.15) is 27.2 Å². The van der Waals surface area contributed by atoms with Gasteiger partial charge in [-0.1, -0.05) is 26.8 Å². The van der Waals surface area contributed by atoms with Gasteiger partial charge < -0.3 is 4.90 Å². The van der Waals surface area contributed by atoms with E-state index in [1.54, 1.807) is 6.08 Å². The third-order valence-corrected chi connectivity index (χ3v) is 3.28. The van der Waals surface area contributed by atoms with Crippen molar-refractivity contribution >= 4 is 5.91 Å². The van der Waals surface area contributed by atoms with Gasteiger partial charge in [0.1, 0.15) is 6.04 Å². The molecule has 0 aliphatic carbocycles. The summed E-state index contributed by atoms with van der Waals surface area (Å²) in [4.78, 5) is 15.8. The van der Waals surface area contributed by atoms with Crippen LogP contribution < -0.4 is 0 Å². The summed E-state index contributed by atoms with van der Waals surface area (Å²) in [7, 11) is 0. The Labute approximate surface area is 110 Å². The van der Waals surface area contributed by atoms with Gasteiger partial charge in [0.15, 0.2) is 0 Å². The number of nitrogens with zero attached hydrogens (tertiary/aromatic N) is 3. The fourth-order valence-electron chi connectivity index (χ4n) is 2.20. The monoisotopic (exact) mass is 249 g/mol. The van der Waals surface area contributed by atoms with Crippen LogP contribution in [0.5, 0.6) is 0 Å². The Kier molecular flexibility index (Phi) is 5.87. The van der Waals surface area contributed by atoms with Crippen LogP contribution in [0.3, 0.4) is 0 Å². The molecule has 0 radical (unpaired) electrons. The second kappa shape index (κ2) is 7.17. The summed E-state index contributed by atoms with van der Waals surface area (Å²) in [6.45, 7) is 9.17. The SMILES string of the molecule is CC/C=C\C(=O)N1CCN([C@H](C#N)C(C)C)CC1. The highest BCUT2D eigenvalue weighted by Crippen LogP contribution is 2.13. The number of piperazine rings is 1. The fourth-order valence-corrected chi connectivity index (χ4v) is 2.20. The van der Waals surface area contributed by atoms with Crippen LogP contribution in [0.4, 0.5) is 0 Å². The molecule has 1 amide bonds. The minimum atomic E-state index is -0.0339. The Balaban J connectivity index is 2.48. The zero-order valence-corrected chi connectivity index (χ0v) is 11.6. The van der Waals surface area contributed by atoms with Crippen molar-refractivity contribution in [2.24, 2.45) is 5.92 Å². The predicted octanol–water partition coefficient (Wildman–Crippen LogP) is 1.64. The van der Waals surface area contributed by atoms with E-state index in [-0.39, 0.29) is 11.9 Å². The first kappa shape index (κ1) is 14.7. The summed E-state index contributed by atoms with van der Waals surface area (Å²) in [6, 6.07) is 2.32. The highest BCUT2D eigenvalue weighted by molar-refractivity contribution is 5.87. The molecule has 100 valence electrons. The number of carbonyl (C=O) groups is 1. The van der Waals surface area contributed by atoms with Crippen LogP contribution in [0.2, 0.25) is 0 Å². The number of hydrogen-bond donors (Lipinski definition) is 0. The van der Waals surface area contributed by atoms with E-state index in [2.05, 4.69) is 24.8 Å². The summed E-state index contributed by atoms with van der Waals surface area (Å²) in [5, 5.41) is 9.16. The molecule has 0 unspecified atom stereocenters. The highest BCUT2D eigenvalue weighted by Gasteiger charge is 2.26. The smallest absolute Gasteiger partial charge is 0.246 e. The molecular formula is C14H23N3O. The van der Waals surface area contributed by atoms with Gasteiger partial charge in [-0.15, -0.1) is 0 Å². The van der Waals surface area contributed by atoms with E-state index in [0.29, 0.717) is 5.92 Å². The number of carbonyl (C=O) groups excluding carboxylic acids is 1. The maximum absolute atomic E-state index is 11.8. The minimum absolute atomic E-state index is 0.0339. The topological polar surface area (TPSA) is 47.3 Å². The fraction of sp³-hybridized carbons (Fsp3) is 0.714. The lowest BCUT2D eigenvalue weighted by Gasteiger charge is -2.37. The molecular weight excluding hydrogens is 226 g/mol. The zero-order valence-electron chi connectivity index (χ0n) is 11.6. The van der Waals surface area contributed by atoms with Crippen molar-refractivity contribution in [2.75, 3.05) is 26.2 Å². The summed E-state index contributed by atoms with van der Waals surface area (Å²) in [5.74, 6) is 0.423. The molecule has 1 fully saturated rings. The third-order valence-electron chi connectivity index (χ3n) is 3.28. The average Bonchev–Trinajstić information content (AvgIpc) is 2.37. The van der Waals surface area contributed by atoms with Crippen molar-refractivity contribution in [1.82, 2.24) is 9.80 Å². The van der Waals surface area contributed by atoms with Gasteiger partial charge in [0.05, 0.1) is 6.07 Å². The lowest BCUT2D eigenvalue weighted by Crippen LogP contribution is -2.52. The summed E-state index contributed by atoms with van der Waals surface area (Å²) < 4.78 is 0. The largest absolute Gasteiger partial charge is 0.337 e. The molecule has 1 heterocycles. The number of hydrogen-bond acceptors (Lipinski definition) is 3. The van der Waals surface area contributed by atoms with Gasteiger partial charge in [-0.25, -0.2) is 0 Å². The third kappa shape index (κ3) is 3.85. The number of nitriles is 1. The summed E-state index contributed by atoms with van der Waals surface area (Å²) in [5.41, 5.74) is 0. The van der Waals surface area contributed by atoms with Gasteiger partial charge in [-0.05, 0) is 18.4 Å². The molecule has 0 spiro atoms. The van der Waals surface area contributed by atoms with Crippen LogP contribution in [0, 0.1) is 17.2 Å². The first-order valence-electron chi connectivity index (χ1n) is 6.69. The highest BCUT2D eigenvalue weighted by atomic mass is 16.2. The summed E-state index contributed by atoms with van der Waals surface area (Å²) in [6.07, 6.45) is 4.43. The molecule has 0 aromatic carbocycles. The Morgan fingerprint density at radius 1 is 1.33 bits per heavy atom. The Bertz CT molecular complexity index is 335. The standard InChI is InChI=1S/C14H23N3O/c1-4-5-6-14(18)17-9-7-16(8-10-17)13(11-15)12(2)3/h5-6,12-13H,4,7-10H2,1-3H3/b6-5-/t13-/m1/s1. The van der Waals surface area contributed by atoms with Crippen molar-refractivity contribution in [2.45, 2.75) is 33.2 Å².